The maximum atomic E-state index is 12.8. The van der Waals surface area contributed by atoms with Crippen molar-refractivity contribution in [2.75, 3.05) is 0 Å². The van der Waals surface area contributed by atoms with E-state index < -0.39 is 16.1 Å². The van der Waals surface area contributed by atoms with Crippen molar-refractivity contribution in [1.82, 2.24) is 4.31 Å². The summed E-state index contributed by atoms with van der Waals surface area (Å²) in [5.41, 5.74) is 0.628. The largest absolute Gasteiger partial charge is 0.389 e. The van der Waals surface area contributed by atoms with Gasteiger partial charge in [0.1, 0.15) is 0 Å². The Morgan fingerprint density at radius 2 is 1.85 bits per heavy atom. The smallest absolute Gasteiger partial charge is 0.243 e. The van der Waals surface area contributed by atoms with E-state index >= 15 is 0 Å². The Labute approximate surface area is 121 Å². The van der Waals surface area contributed by atoms with Gasteiger partial charge in [-0.05, 0) is 51.3 Å². The summed E-state index contributed by atoms with van der Waals surface area (Å²) in [5.74, 6) is 0. The summed E-state index contributed by atoms with van der Waals surface area (Å²) in [7, 11) is -3.49. The minimum Gasteiger partial charge on any atom is -0.389 e. The lowest BCUT2D eigenvalue weighted by atomic mass is 10.0. The van der Waals surface area contributed by atoms with Crippen molar-refractivity contribution in [3.05, 3.63) is 29.8 Å². The number of hydrogen-bond donors (Lipinski definition) is 1. The quantitative estimate of drug-likeness (QED) is 0.933. The van der Waals surface area contributed by atoms with Crippen LogP contribution in [0.5, 0.6) is 0 Å². The predicted octanol–water partition coefficient (Wildman–Crippen LogP) is 2.69. The van der Waals surface area contributed by atoms with E-state index in [2.05, 4.69) is 0 Å². The Hall–Kier alpha value is -0.910. The average molecular weight is 297 g/mol. The molecule has 0 aliphatic carbocycles. The molecule has 1 heterocycles. The summed E-state index contributed by atoms with van der Waals surface area (Å²) in [5, 5.41) is 9.62. The van der Waals surface area contributed by atoms with E-state index in [4.69, 9.17) is 0 Å². The number of rotatable bonds is 3. The van der Waals surface area contributed by atoms with Gasteiger partial charge in [0, 0.05) is 12.1 Å². The predicted molar refractivity (Wildman–Crippen MR) is 78.9 cm³/mol. The van der Waals surface area contributed by atoms with Crippen LogP contribution in [0.1, 0.15) is 51.7 Å². The SMILES string of the molecule is CC(O)c1cccc(S(=O)(=O)N2[C@H](C)CCC[C@@H]2C)c1. The summed E-state index contributed by atoms with van der Waals surface area (Å²) in [6.07, 6.45) is 2.21. The first-order chi connectivity index (χ1) is 9.34. The number of nitrogens with zero attached hydrogens (tertiary/aromatic N) is 1. The van der Waals surface area contributed by atoms with Crippen molar-refractivity contribution < 1.29 is 13.5 Å². The highest BCUT2D eigenvalue weighted by molar-refractivity contribution is 7.89. The molecule has 5 heteroatoms. The minimum absolute atomic E-state index is 0.0268. The molecule has 1 N–H and O–H groups in total. The highest BCUT2D eigenvalue weighted by Crippen LogP contribution is 2.30. The van der Waals surface area contributed by atoms with Gasteiger partial charge in [-0.2, -0.15) is 4.31 Å². The monoisotopic (exact) mass is 297 g/mol. The molecule has 1 fully saturated rings. The van der Waals surface area contributed by atoms with Crippen molar-refractivity contribution in [3.8, 4) is 0 Å². The van der Waals surface area contributed by atoms with Gasteiger partial charge in [-0.15, -0.1) is 0 Å². The molecule has 112 valence electrons. The topological polar surface area (TPSA) is 57.6 Å². The number of hydrogen-bond acceptors (Lipinski definition) is 3. The minimum atomic E-state index is -3.49. The Balaban J connectivity index is 2.41. The zero-order chi connectivity index (χ0) is 14.9. The Morgan fingerprint density at radius 1 is 1.25 bits per heavy atom. The van der Waals surface area contributed by atoms with Gasteiger partial charge in [-0.3, -0.25) is 0 Å². The van der Waals surface area contributed by atoms with Crippen LogP contribution in [0.15, 0.2) is 29.2 Å². The van der Waals surface area contributed by atoms with Crippen LogP contribution in [-0.2, 0) is 10.0 Å². The van der Waals surface area contributed by atoms with Crippen molar-refractivity contribution in [2.24, 2.45) is 0 Å². The molecule has 1 unspecified atom stereocenters. The van der Waals surface area contributed by atoms with Crippen LogP contribution in [0, 0.1) is 0 Å². The molecule has 0 amide bonds. The van der Waals surface area contributed by atoms with E-state index in [0.717, 1.165) is 19.3 Å². The normalized spacial score (nSPS) is 26.4. The van der Waals surface area contributed by atoms with Crippen LogP contribution in [0.2, 0.25) is 0 Å². The van der Waals surface area contributed by atoms with Crippen LogP contribution < -0.4 is 0 Å². The molecule has 1 aromatic rings. The molecule has 0 bridgehead atoms. The third-order valence-electron chi connectivity index (χ3n) is 4.03. The van der Waals surface area contributed by atoms with E-state index in [-0.39, 0.29) is 17.0 Å². The molecular formula is C15H23NO3S. The molecular weight excluding hydrogens is 274 g/mol. The standard InChI is InChI=1S/C15H23NO3S/c1-11-6-4-7-12(2)16(11)20(18,19)15-9-5-8-14(10-15)13(3)17/h5,8-13,17H,4,6-7H2,1-3H3/t11-,12+,13?. The van der Waals surface area contributed by atoms with Gasteiger partial charge in [0.05, 0.1) is 11.0 Å². The van der Waals surface area contributed by atoms with Crippen LogP contribution in [-0.4, -0.2) is 29.9 Å². The van der Waals surface area contributed by atoms with E-state index in [1.165, 1.54) is 0 Å². The third-order valence-corrected chi connectivity index (χ3v) is 6.15. The van der Waals surface area contributed by atoms with Crippen molar-refractivity contribution in [3.63, 3.8) is 0 Å². The fourth-order valence-corrected chi connectivity index (χ4v) is 4.87. The average Bonchev–Trinajstić information content (AvgIpc) is 2.38. The zero-order valence-electron chi connectivity index (χ0n) is 12.3. The van der Waals surface area contributed by atoms with Crippen molar-refractivity contribution in [2.45, 2.75) is 63.1 Å². The summed E-state index contributed by atoms with van der Waals surface area (Å²) >= 11 is 0. The lowest BCUT2D eigenvalue weighted by Crippen LogP contribution is -2.47. The number of sulfonamides is 1. The molecule has 1 aliphatic heterocycles. The highest BCUT2D eigenvalue weighted by atomic mass is 32.2. The lowest BCUT2D eigenvalue weighted by molar-refractivity contribution is 0.198. The molecule has 20 heavy (non-hydrogen) atoms. The highest BCUT2D eigenvalue weighted by Gasteiger charge is 2.35. The summed E-state index contributed by atoms with van der Waals surface area (Å²) in [4.78, 5) is 0.275. The van der Waals surface area contributed by atoms with Gasteiger partial charge in [0.2, 0.25) is 10.0 Å². The second-order valence-corrected chi connectivity index (χ2v) is 7.56. The molecule has 0 aromatic heterocycles. The first-order valence-electron chi connectivity index (χ1n) is 7.15. The zero-order valence-corrected chi connectivity index (χ0v) is 13.1. The van der Waals surface area contributed by atoms with Gasteiger partial charge in [0.25, 0.3) is 0 Å². The van der Waals surface area contributed by atoms with E-state index in [9.17, 15) is 13.5 Å². The summed E-state index contributed by atoms with van der Waals surface area (Å²) in [6.45, 7) is 5.56. The second kappa shape index (κ2) is 5.84. The number of benzene rings is 1. The van der Waals surface area contributed by atoms with Gasteiger partial charge >= 0.3 is 0 Å². The molecule has 0 saturated carbocycles. The van der Waals surface area contributed by atoms with Crippen molar-refractivity contribution in [1.29, 1.82) is 0 Å². The number of piperidine rings is 1. The van der Waals surface area contributed by atoms with Gasteiger partial charge in [0.15, 0.2) is 0 Å². The van der Waals surface area contributed by atoms with Crippen LogP contribution in [0.4, 0.5) is 0 Å². The van der Waals surface area contributed by atoms with E-state index in [0.29, 0.717) is 5.56 Å². The van der Waals surface area contributed by atoms with Gasteiger partial charge < -0.3 is 5.11 Å². The second-order valence-electron chi connectivity index (χ2n) is 5.71. The number of aliphatic hydroxyl groups is 1. The Morgan fingerprint density at radius 3 is 2.40 bits per heavy atom. The van der Waals surface area contributed by atoms with E-state index in [1.807, 2.05) is 13.8 Å². The summed E-state index contributed by atoms with van der Waals surface area (Å²) in [6, 6.07) is 6.67. The molecule has 0 radical (unpaired) electrons. The van der Waals surface area contributed by atoms with Crippen molar-refractivity contribution >= 4 is 10.0 Å². The molecule has 3 atom stereocenters. The fourth-order valence-electron chi connectivity index (χ4n) is 2.93. The first-order valence-corrected chi connectivity index (χ1v) is 8.59. The molecule has 0 spiro atoms. The summed E-state index contributed by atoms with van der Waals surface area (Å²) < 4.78 is 27.3. The maximum Gasteiger partial charge on any atom is 0.243 e. The van der Waals surface area contributed by atoms with Crippen LogP contribution in [0.25, 0.3) is 0 Å². The molecule has 4 nitrogen and oxygen atoms in total. The van der Waals surface area contributed by atoms with Gasteiger partial charge in [-0.25, -0.2) is 8.42 Å². The molecule has 1 saturated heterocycles. The first kappa shape index (κ1) is 15.5. The molecule has 1 aromatic carbocycles. The Bertz CT molecular complexity index is 558. The fraction of sp³-hybridized carbons (Fsp3) is 0.600. The molecule has 1 aliphatic rings. The Kier molecular flexibility index (Phi) is 4.52. The van der Waals surface area contributed by atoms with E-state index in [1.54, 1.807) is 35.5 Å². The maximum absolute atomic E-state index is 12.8. The third kappa shape index (κ3) is 2.90. The lowest BCUT2D eigenvalue weighted by Gasteiger charge is -2.37. The van der Waals surface area contributed by atoms with Crippen LogP contribution >= 0.6 is 0 Å². The van der Waals surface area contributed by atoms with Gasteiger partial charge in [-0.1, -0.05) is 18.6 Å². The van der Waals surface area contributed by atoms with Crippen LogP contribution in [0.3, 0.4) is 0 Å². The molecule has 2 rings (SSSR count). The number of aliphatic hydroxyl groups excluding tert-OH is 1.